The minimum atomic E-state index is -0.596. The molecule has 0 fully saturated rings. The second kappa shape index (κ2) is 2.80. The molecule has 0 heterocycles. The van der Waals surface area contributed by atoms with E-state index in [0.717, 1.165) is 0 Å². The number of nitro groups is 1. The minimum absolute atomic E-state index is 0.208. The summed E-state index contributed by atoms with van der Waals surface area (Å²) in [6, 6.07) is 0. The lowest BCUT2D eigenvalue weighted by Gasteiger charge is -1.88. The van der Waals surface area contributed by atoms with E-state index in [9.17, 15) is 10.1 Å². The largest absolute Gasteiger partial charge is 0.378 e. The van der Waals surface area contributed by atoms with E-state index in [1.807, 2.05) is 0 Å². The molecule has 0 aromatic carbocycles. The van der Waals surface area contributed by atoms with Crippen LogP contribution in [0, 0.1) is 15.6 Å². The van der Waals surface area contributed by atoms with Gasteiger partial charge in [-0.3, -0.25) is 10.1 Å². The summed E-state index contributed by atoms with van der Waals surface area (Å²) in [5.74, 6) is 0. The van der Waals surface area contributed by atoms with Crippen molar-refractivity contribution >= 4 is 11.6 Å². The molecule has 0 N–H and O–H groups in total. The van der Waals surface area contributed by atoms with Gasteiger partial charge in [-0.1, -0.05) is 6.92 Å². The average Bonchev–Trinajstić information content (AvgIpc) is 1.65. The van der Waals surface area contributed by atoms with E-state index in [2.05, 4.69) is 0 Å². The number of hydrogen-bond donors (Lipinski definition) is 0. The van der Waals surface area contributed by atoms with Gasteiger partial charge in [-0.05, 0) is 11.6 Å². The average molecular weight is 123 g/mol. The highest BCUT2D eigenvalue weighted by Crippen LogP contribution is 2.09. The molecule has 0 bridgehead atoms. The maximum absolute atomic E-state index is 9.57. The predicted octanol–water partition coefficient (Wildman–Crippen LogP) is 1.40. The van der Waals surface area contributed by atoms with Crippen LogP contribution in [0.3, 0.4) is 0 Å². The van der Waals surface area contributed by atoms with Crippen molar-refractivity contribution in [1.29, 1.82) is 0 Å². The van der Waals surface area contributed by atoms with Crippen LogP contribution in [0.25, 0.3) is 0 Å². The predicted molar refractivity (Wildman–Crippen MR) is 26.4 cm³/mol. The molecule has 3 nitrogen and oxygen atoms in total. The van der Waals surface area contributed by atoms with E-state index in [4.69, 9.17) is 11.6 Å². The topological polar surface area (TPSA) is 43.1 Å². The molecular weight excluding hydrogens is 117 g/mol. The first-order valence-electron chi connectivity index (χ1n) is 1.84. The maximum atomic E-state index is 9.57. The summed E-state index contributed by atoms with van der Waals surface area (Å²) < 4.78 is 0. The highest BCUT2D eigenvalue weighted by Gasteiger charge is 2.14. The maximum Gasteiger partial charge on any atom is 0.378 e. The molecule has 0 spiro atoms. The summed E-state index contributed by atoms with van der Waals surface area (Å²) in [6.07, 6.45) is 0.300. The molecule has 0 atom stereocenters. The Balaban J connectivity index is 3.34. The van der Waals surface area contributed by atoms with Crippen molar-refractivity contribution in [1.82, 2.24) is 0 Å². The molecule has 0 aromatic heterocycles. The molecule has 0 unspecified atom stereocenters. The quantitative estimate of drug-likeness (QED) is 0.316. The lowest BCUT2D eigenvalue weighted by molar-refractivity contribution is -0.449. The van der Waals surface area contributed by atoms with Gasteiger partial charge in [-0.15, -0.1) is 0 Å². The van der Waals surface area contributed by atoms with Crippen LogP contribution in [-0.2, 0) is 0 Å². The fourth-order valence-corrected chi connectivity index (χ4v) is 0.129. The highest BCUT2D eigenvalue weighted by molar-refractivity contribution is 6.25. The van der Waals surface area contributed by atoms with Gasteiger partial charge in [-0.25, -0.2) is 0 Å². The van der Waals surface area contributed by atoms with Crippen LogP contribution in [0.2, 0.25) is 0 Å². The zero-order valence-corrected chi connectivity index (χ0v) is 4.60. The van der Waals surface area contributed by atoms with Gasteiger partial charge < -0.3 is 0 Å². The van der Waals surface area contributed by atoms with Gasteiger partial charge in [0.05, 0.1) is 4.92 Å². The summed E-state index contributed by atoms with van der Waals surface area (Å²) in [7, 11) is 0. The van der Waals surface area contributed by atoms with Gasteiger partial charge in [-0.2, -0.15) is 0 Å². The Morgan fingerprint density at radius 2 is 2.43 bits per heavy atom. The standard InChI is InChI=1S/C3H5ClNO2/c1-2-3(4)5(6)7/h2H2,1H3. The second-order valence-electron chi connectivity index (χ2n) is 0.987. The van der Waals surface area contributed by atoms with Crippen molar-refractivity contribution in [2.24, 2.45) is 0 Å². The number of rotatable bonds is 2. The van der Waals surface area contributed by atoms with Crippen LogP contribution in [0.15, 0.2) is 0 Å². The van der Waals surface area contributed by atoms with Crippen LogP contribution >= 0.6 is 11.6 Å². The summed E-state index contributed by atoms with van der Waals surface area (Å²) in [5.41, 5.74) is -0.208. The molecule has 0 amide bonds. The van der Waals surface area contributed by atoms with E-state index in [1.54, 1.807) is 6.92 Å². The van der Waals surface area contributed by atoms with Crippen LogP contribution in [0.1, 0.15) is 13.3 Å². The Morgan fingerprint density at radius 1 is 2.00 bits per heavy atom. The Kier molecular flexibility index (Phi) is 2.67. The van der Waals surface area contributed by atoms with Crippen molar-refractivity contribution in [3.8, 4) is 0 Å². The van der Waals surface area contributed by atoms with Gasteiger partial charge in [0.15, 0.2) is 0 Å². The van der Waals surface area contributed by atoms with E-state index in [0.29, 0.717) is 6.42 Å². The molecule has 0 rings (SSSR count). The third-order valence-corrected chi connectivity index (χ3v) is 0.895. The van der Waals surface area contributed by atoms with Crippen molar-refractivity contribution in [2.45, 2.75) is 13.3 Å². The number of halogens is 1. The van der Waals surface area contributed by atoms with Gasteiger partial charge in [0.25, 0.3) is 0 Å². The van der Waals surface area contributed by atoms with Gasteiger partial charge in [0.2, 0.25) is 0 Å². The lowest BCUT2D eigenvalue weighted by Crippen LogP contribution is -1.99. The van der Waals surface area contributed by atoms with Crippen molar-refractivity contribution in [3.63, 3.8) is 0 Å². The smallest absolute Gasteiger partial charge is 0.262 e. The monoisotopic (exact) mass is 122 g/mol. The highest BCUT2D eigenvalue weighted by atomic mass is 35.5. The van der Waals surface area contributed by atoms with Crippen LogP contribution < -0.4 is 0 Å². The van der Waals surface area contributed by atoms with E-state index >= 15 is 0 Å². The van der Waals surface area contributed by atoms with Crippen molar-refractivity contribution in [2.75, 3.05) is 0 Å². The normalized spacial score (nSPS) is 9.57. The Bertz CT molecular complexity index is 75.3. The molecule has 0 saturated heterocycles. The zero-order chi connectivity index (χ0) is 5.86. The number of nitrogens with zero attached hydrogens (tertiary/aromatic N) is 1. The lowest BCUT2D eigenvalue weighted by atomic mass is 10.5. The first-order chi connectivity index (χ1) is 3.18. The van der Waals surface area contributed by atoms with E-state index in [-0.39, 0.29) is 5.50 Å². The fourth-order valence-electron chi connectivity index (χ4n) is 0.129. The molecule has 0 aromatic rings. The third-order valence-electron chi connectivity index (χ3n) is 0.490. The molecule has 0 aliphatic rings. The summed E-state index contributed by atoms with van der Waals surface area (Å²) in [5, 5.41) is 9.57. The van der Waals surface area contributed by atoms with Gasteiger partial charge >= 0.3 is 5.50 Å². The molecule has 1 radical (unpaired) electrons. The van der Waals surface area contributed by atoms with Gasteiger partial charge in [0.1, 0.15) is 0 Å². The minimum Gasteiger partial charge on any atom is -0.262 e. The van der Waals surface area contributed by atoms with Crippen LogP contribution in [0.4, 0.5) is 0 Å². The Labute approximate surface area is 46.4 Å². The zero-order valence-electron chi connectivity index (χ0n) is 3.85. The first kappa shape index (κ1) is 6.69. The van der Waals surface area contributed by atoms with Crippen LogP contribution in [-0.4, -0.2) is 4.92 Å². The summed E-state index contributed by atoms with van der Waals surface area (Å²) in [6.45, 7) is 1.63. The molecular formula is C3H5ClNO2. The number of hydrogen-bond acceptors (Lipinski definition) is 2. The molecule has 0 saturated carbocycles. The van der Waals surface area contributed by atoms with Crippen molar-refractivity contribution < 1.29 is 4.92 Å². The first-order valence-corrected chi connectivity index (χ1v) is 2.22. The van der Waals surface area contributed by atoms with E-state index < -0.39 is 4.92 Å². The van der Waals surface area contributed by atoms with Gasteiger partial charge in [0, 0.05) is 6.42 Å². The molecule has 41 valence electrons. The molecule has 4 heteroatoms. The Hall–Kier alpha value is -0.310. The third kappa shape index (κ3) is 2.39. The molecule has 7 heavy (non-hydrogen) atoms. The van der Waals surface area contributed by atoms with E-state index in [1.165, 1.54) is 0 Å². The molecule has 0 aliphatic heterocycles. The summed E-state index contributed by atoms with van der Waals surface area (Å²) >= 11 is 5.02. The Morgan fingerprint density at radius 3 is 2.43 bits per heavy atom. The fraction of sp³-hybridized carbons (Fsp3) is 0.667. The molecule has 0 aliphatic carbocycles. The van der Waals surface area contributed by atoms with Crippen LogP contribution in [0.5, 0.6) is 0 Å². The summed E-state index contributed by atoms with van der Waals surface area (Å²) in [4.78, 5) is 8.97. The second-order valence-corrected chi connectivity index (χ2v) is 1.42. The SMILES string of the molecule is CC[C](Cl)[N+](=O)[O-]. The van der Waals surface area contributed by atoms with Crippen molar-refractivity contribution in [3.05, 3.63) is 15.6 Å².